The van der Waals surface area contributed by atoms with Gasteiger partial charge >= 0.3 is 0 Å². The third-order valence-electron chi connectivity index (χ3n) is 19.1. The molecule has 1 heterocycles. The first kappa shape index (κ1) is 40.4. The Morgan fingerprint density at radius 3 is 2.12 bits per heavy atom. The molecule has 1 saturated heterocycles. The highest BCUT2D eigenvalue weighted by Crippen LogP contribution is 2.77. The second-order valence-corrected chi connectivity index (χ2v) is 23.5. The molecule has 6 nitrogen and oxygen atoms in total. The Bertz CT molecular complexity index is 1900. The van der Waals surface area contributed by atoms with Crippen LogP contribution in [0.5, 0.6) is 0 Å². The maximum atomic E-state index is 15.1. The zero-order chi connectivity index (χ0) is 40.9. The number of allylic oxidation sites excluding steroid dienone is 5. The molecule has 10 aliphatic carbocycles. The van der Waals surface area contributed by atoms with Crippen LogP contribution in [0.15, 0.2) is 66.3 Å². The number of piperidine rings is 1. The number of rotatable bonds is 13. The van der Waals surface area contributed by atoms with Crippen molar-refractivity contribution in [2.45, 2.75) is 192 Å². The van der Waals surface area contributed by atoms with Gasteiger partial charge in [-0.3, -0.25) is 9.59 Å². The summed E-state index contributed by atoms with van der Waals surface area (Å²) in [7, 11) is 0. The number of hydrogen-bond donors (Lipinski definition) is 4. The Hall–Kier alpha value is -2.70. The number of nitrogens with two attached hydrogens (primary N) is 1. The first-order valence-corrected chi connectivity index (χ1v) is 24.5. The topological polar surface area (TPSA) is 96.2 Å². The lowest BCUT2D eigenvalue weighted by atomic mass is 9.33. The molecule has 320 valence electrons. The van der Waals surface area contributed by atoms with Crippen molar-refractivity contribution < 1.29 is 9.59 Å². The van der Waals surface area contributed by atoms with E-state index in [2.05, 4.69) is 85.3 Å². The van der Waals surface area contributed by atoms with E-state index < -0.39 is 0 Å². The fourth-order valence-corrected chi connectivity index (χ4v) is 18.2. The standard InChI is InChI=1S/C53H76N4O2/c1-5-19-47-23-38-24-49(27-47,32-50(25-38,28-47)45(58)57-44-22-37-21-43(44)55-26-37)36(4)13-14-39(7-3)51-29-48(20-6-2)30-52(33-51,40-11-9-8-10-12-40)35-53(31-48,34-51)46(59)56-42-17-15-41(54)16-18-42/h7-14,37-38,41-44,55H,4-6,15-35,54H2,1-3H3,(H,56,59)(H,57,58)/b14-13-,39-7+/t37?,38?,41-,42+,43?,44?,47-,48-,49-,50?,51?,52+,53?/m1/s1. The van der Waals surface area contributed by atoms with Gasteiger partial charge in [0, 0.05) is 24.2 Å². The molecule has 12 rings (SSSR count). The molecule has 0 spiro atoms. The number of amides is 2. The summed E-state index contributed by atoms with van der Waals surface area (Å²) in [5.41, 5.74) is 9.99. The lowest BCUT2D eigenvalue weighted by molar-refractivity contribution is -0.179. The zero-order valence-corrected chi connectivity index (χ0v) is 36.9. The highest BCUT2D eigenvalue weighted by Gasteiger charge is 2.71. The van der Waals surface area contributed by atoms with Crippen molar-refractivity contribution in [1.29, 1.82) is 0 Å². The van der Waals surface area contributed by atoms with Crippen molar-refractivity contribution >= 4 is 11.8 Å². The van der Waals surface area contributed by atoms with Crippen LogP contribution >= 0.6 is 0 Å². The first-order valence-electron chi connectivity index (χ1n) is 24.5. The van der Waals surface area contributed by atoms with Crippen molar-refractivity contribution in [2.75, 3.05) is 6.54 Å². The monoisotopic (exact) mass is 801 g/mol. The lowest BCUT2D eigenvalue weighted by Gasteiger charge is -2.71. The van der Waals surface area contributed by atoms with Crippen LogP contribution in [0.3, 0.4) is 0 Å². The van der Waals surface area contributed by atoms with Crippen molar-refractivity contribution in [1.82, 2.24) is 16.0 Å². The Morgan fingerprint density at radius 1 is 0.746 bits per heavy atom. The van der Waals surface area contributed by atoms with Gasteiger partial charge in [0.2, 0.25) is 11.8 Å². The van der Waals surface area contributed by atoms with Gasteiger partial charge in [0.15, 0.2) is 0 Å². The van der Waals surface area contributed by atoms with Crippen LogP contribution in [0.4, 0.5) is 0 Å². The van der Waals surface area contributed by atoms with E-state index in [1.807, 2.05) is 0 Å². The van der Waals surface area contributed by atoms with Gasteiger partial charge in [0.1, 0.15) is 0 Å². The Morgan fingerprint density at radius 2 is 1.41 bits per heavy atom. The van der Waals surface area contributed by atoms with E-state index in [9.17, 15) is 4.79 Å². The number of fused-ring (bicyclic) bond motifs is 2. The fraction of sp³-hybridized carbons (Fsp3) is 0.736. The minimum absolute atomic E-state index is 0.0307. The molecule has 1 aliphatic heterocycles. The van der Waals surface area contributed by atoms with E-state index in [-0.39, 0.29) is 56.0 Å². The number of hydrogen-bond acceptors (Lipinski definition) is 4. The highest BCUT2D eigenvalue weighted by atomic mass is 16.2. The molecule has 11 atom stereocenters. The minimum atomic E-state index is -0.390. The summed E-state index contributed by atoms with van der Waals surface area (Å²) >= 11 is 0. The van der Waals surface area contributed by atoms with Crippen molar-refractivity contribution in [3.05, 3.63) is 71.8 Å². The molecule has 2 amide bonds. The lowest BCUT2D eigenvalue weighted by Crippen LogP contribution is -2.67. The summed E-state index contributed by atoms with van der Waals surface area (Å²) in [6, 6.07) is 12.6. The largest absolute Gasteiger partial charge is 0.353 e. The summed E-state index contributed by atoms with van der Waals surface area (Å²) < 4.78 is 0. The second-order valence-electron chi connectivity index (χ2n) is 23.5. The van der Waals surface area contributed by atoms with Crippen LogP contribution in [-0.4, -0.2) is 42.5 Å². The van der Waals surface area contributed by atoms with Crippen LogP contribution in [0, 0.1) is 44.3 Å². The summed E-state index contributed by atoms with van der Waals surface area (Å²) in [6.45, 7) is 13.1. The summed E-state index contributed by atoms with van der Waals surface area (Å²) in [6.07, 6.45) is 31.5. The molecule has 1 aromatic carbocycles. The summed E-state index contributed by atoms with van der Waals surface area (Å²) in [4.78, 5) is 29.9. The highest BCUT2D eigenvalue weighted by molar-refractivity contribution is 5.85. The normalized spacial score (nSPS) is 46.6. The predicted molar refractivity (Wildman–Crippen MR) is 238 cm³/mol. The molecule has 0 radical (unpaired) electrons. The Kier molecular flexibility index (Phi) is 9.88. The van der Waals surface area contributed by atoms with Gasteiger partial charge in [-0.2, -0.15) is 0 Å². The third kappa shape index (κ3) is 6.60. The third-order valence-corrected chi connectivity index (χ3v) is 19.1. The molecular weight excluding hydrogens is 725 g/mol. The Balaban J connectivity index is 0.977. The van der Waals surface area contributed by atoms with E-state index in [1.54, 1.807) is 0 Å². The fourth-order valence-electron chi connectivity index (χ4n) is 18.2. The maximum absolute atomic E-state index is 15.1. The van der Waals surface area contributed by atoms with Crippen molar-refractivity contribution in [3.63, 3.8) is 0 Å². The van der Waals surface area contributed by atoms with E-state index in [0.29, 0.717) is 23.8 Å². The van der Waals surface area contributed by atoms with Gasteiger partial charge in [0.05, 0.1) is 10.8 Å². The zero-order valence-electron chi connectivity index (χ0n) is 36.9. The van der Waals surface area contributed by atoms with Gasteiger partial charge in [-0.1, -0.05) is 81.8 Å². The maximum Gasteiger partial charge on any atom is 0.226 e. The predicted octanol–water partition coefficient (Wildman–Crippen LogP) is 10.1. The molecule has 59 heavy (non-hydrogen) atoms. The smallest absolute Gasteiger partial charge is 0.226 e. The first-order chi connectivity index (χ1) is 28.3. The van der Waals surface area contributed by atoms with E-state index in [1.165, 1.54) is 74.5 Å². The van der Waals surface area contributed by atoms with Crippen molar-refractivity contribution in [3.8, 4) is 0 Å². The average Bonchev–Trinajstić information content (AvgIpc) is 3.82. The van der Waals surface area contributed by atoms with Crippen LogP contribution in [0.1, 0.15) is 168 Å². The Labute approximate surface area is 356 Å². The molecule has 6 heteroatoms. The van der Waals surface area contributed by atoms with Gasteiger partial charge in [-0.15, -0.1) is 0 Å². The molecule has 10 saturated carbocycles. The minimum Gasteiger partial charge on any atom is -0.353 e. The number of nitrogens with one attached hydrogen (secondary N) is 3. The van der Waals surface area contributed by atoms with E-state index in [4.69, 9.17) is 12.3 Å². The van der Waals surface area contributed by atoms with Gasteiger partial charge < -0.3 is 21.7 Å². The van der Waals surface area contributed by atoms with Crippen LogP contribution < -0.4 is 21.7 Å². The van der Waals surface area contributed by atoms with E-state index in [0.717, 1.165) is 95.9 Å². The quantitative estimate of drug-likeness (QED) is 0.149. The summed E-state index contributed by atoms with van der Waals surface area (Å²) in [5.74, 6) is 2.00. The molecule has 7 unspecified atom stereocenters. The molecule has 11 fully saturated rings. The average molecular weight is 801 g/mol. The number of carbonyl (C=O) groups excluding carboxylic acids is 2. The van der Waals surface area contributed by atoms with Crippen LogP contribution in [0.2, 0.25) is 0 Å². The molecule has 0 aromatic heterocycles. The van der Waals surface area contributed by atoms with Gasteiger partial charge in [-0.25, -0.2) is 0 Å². The van der Waals surface area contributed by atoms with Crippen molar-refractivity contribution in [2.24, 2.45) is 50.1 Å². The SMILES string of the molecule is C=C(/C=C\C(=C/C)C12CC3(C(=O)N[C@H]4CC[C@@H](N)CC4)C[C@](CCC)(C1)C[C@@](c1ccccc1)(C3)C2)[C@]12CC3CC(C(=O)NC4CC5CNC4C5)(C[C@](CCC)(C3)C1)C2. The number of carbonyl (C=O) groups is 2. The second kappa shape index (κ2) is 14.4. The summed E-state index contributed by atoms with van der Waals surface area (Å²) in [5, 5.41) is 11.1. The molecule has 10 bridgehead atoms. The van der Waals surface area contributed by atoms with Gasteiger partial charge in [0.25, 0.3) is 0 Å². The van der Waals surface area contributed by atoms with Crippen LogP contribution in [-0.2, 0) is 15.0 Å². The van der Waals surface area contributed by atoms with E-state index >= 15 is 4.79 Å². The van der Waals surface area contributed by atoms with Crippen LogP contribution in [0.25, 0.3) is 0 Å². The molecule has 1 aromatic rings. The molecular formula is C53H76N4O2. The number of benzene rings is 1. The molecule has 11 aliphatic rings. The van der Waals surface area contributed by atoms with Gasteiger partial charge in [-0.05, 0) is 198 Å². The molecule has 5 N–H and O–H groups in total.